The summed E-state index contributed by atoms with van der Waals surface area (Å²) in [4.78, 5) is 14.0. The van der Waals surface area contributed by atoms with Crippen molar-refractivity contribution in [2.24, 2.45) is 11.8 Å². The maximum absolute atomic E-state index is 11.8. The average Bonchev–Trinajstić information content (AvgIpc) is 2.85. The van der Waals surface area contributed by atoms with Crippen molar-refractivity contribution in [3.8, 4) is 0 Å². The van der Waals surface area contributed by atoms with Crippen LogP contribution in [0.4, 0.5) is 0 Å². The Labute approximate surface area is 109 Å². The molecule has 2 unspecified atom stereocenters. The predicted octanol–water partition coefficient (Wildman–Crippen LogP) is -0.584. The van der Waals surface area contributed by atoms with Crippen LogP contribution in [0, 0.1) is 11.8 Å². The van der Waals surface area contributed by atoms with Gasteiger partial charge in [-0.2, -0.15) is 0 Å². The molecule has 1 aliphatic heterocycles. The molecule has 1 saturated carbocycles. The van der Waals surface area contributed by atoms with Crippen LogP contribution in [0.25, 0.3) is 0 Å². The summed E-state index contributed by atoms with van der Waals surface area (Å²) in [6.07, 6.45) is 3.43. The number of carbonyl (C=O) groups is 1. The van der Waals surface area contributed by atoms with Gasteiger partial charge in [-0.25, -0.2) is 0 Å². The molecule has 2 atom stereocenters. The normalized spacial score (nSPS) is 29.4. The lowest BCUT2D eigenvalue weighted by Gasteiger charge is -2.27. The Morgan fingerprint density at radius 3 is 2.72 bits per heavy atom. The summed E-state index contributed by atoms with van der Waals surface area (Å²) in [6, 6.07) is 0. The molecule has 1 heterocycles. The highest BCUT2D eigenvalue weighted by Crippen LogP contribution is 2.30. The summed E-state index contributed by atoms with van der Waals surface area (Å²) in [5, 5.41) is 15.5. The second-order valence-electron chi connectivity index (χ2n) is 5.46. The molecule has 0 spiro atoms. The fraction of sp³-hybridized carbons (Fsp3) is 0.923. The Bertz CT molecular complexity index is 267. The predicted molar refractivity (Wildman–Crippen MR) is 70.2 cm³/mol. The second-order valence-corrected chi connectivity index (χ2v) is 5.46. The topological polar surface area (TPSA) is 64.6 Å². The Morgan fingerprint density at radius 2 is 2.00 bits per heavy atom. The Kier molecular flexibility index (Phi) is 5.41. The molecule has 2 rings (SSSR count). The molecule has 2 fully saturated rings. The van der Waals surface area contributed by atoms with Crippen LogP contribution in [0.5, 0.6) is 0 Å². The minimum atomic E-state index is 0.125. The fourth-order valence-corrected chi connectivity index (χ4v) is 3.00. The lowest BCUT2D eigenvalue weighted by atomic mass is 9.97. The third-order valence-electron chi connectivity index (χ3n) is 4.19. The summed E-state index contributed by atoms with van der Waals surface area (Å²) in [5.74, 6) is 0.993. The molecule has 3 N–H and O–H groups in total. The number of hydrogen-bond donors (Lipinski definition) is 3. The number of rotatable bonds is 5. The highest BCUT2D eigenvalue weighted by atomic mass is 16.3. The molecule has 0 aromatic carbocycles. The van der Waals surface area contributed by atoms with Gasteiger partial charge < -0.3 is 15.7 Å². The average molecular weight is 255 g/mol. The van der Waals surface area contributed by atoms with E-state index in [1.165, 1.54) is 6.42 Å². The van der Waals surface area contributed by atoms with Crippen LogP contribution in [0.15, 0.2) is 0 Å². The van der Waals surface area contributed by atoms with Crippen LogP contribution in [0.1, 0.15) is 19.3 Å². The van der Waals surface area contributed by atoms with E-state index in [1.54, 1.807) is 0 Å². The van der Waals surface area contributed by atoms with Gasteiger partial charge in [0.25, 0.3) is 0 Å². The number of hydrogen-bond acceptors (Lipinski definition) is 4. The molecule has 1 saturated heterocycles. The molecular weight excluding hydrogens is 230 g/mol. The van der Waals surface area contributed by atoms with Crippen LogP contribution in [0.3, 0.4) is 0 Å². The van der Waals surface area contributed by atoms with Gasteiger partial charge in [0.1, 0.15) is 0 Å². The third-order valence-corrected chi connectivity index (χ3v) is 4.19. The van der Waals surface area contributed by atoms with Crippen LogP contribution in [-0.4, -0.2) is 61.8 Å². The summed E-state index contributed by atoms with van der Waals surface area (Å²) >= 11 is 0. The van der Waals surface area contributed by atoms with Crippen molar-refractivity contribution in [2.75, 3.05) is 45.9 Å². The summed E-state index contributed by atoms with van der Waals surface area (Å²) < 4.78 is 0. The first kappa shape index (κ1) is 13.8. The van der Waals surface area contributed by atoms with Crippen molar-refractivity contribution in [3.63, 3.8) is 0 Å². The smallest absolute Gasteiger partial charge is 0.234 e. The van der Waals surface area contributed by atoms with E-state index in [4.69, 9.17) is 0 Å². The Hall–Kier alpha value is -0.650. The van der Waals surface area contributed by atoms with Gasteiger partial charge in [-0.3, -0.25) is 9.69 Å². The van der Waals surface area contributed by atoms with Gasteiger partial charge in [0, 0.05) is 39.3 Å². The highest BCUT2D eigenvalue weighted by Gasteiger charge is 2.26. The number of aliphatic hydroxyl groups is 1. The van der Waals surface area contributed by atoms with Crippen molar-refractivity contribution in [3.05, 3.63) is 0 Å². The summed E-state index contributed by atoms with van der Waals surface area (Å²) in [6.45, 7) is 5.36. The standard InChI is InChI=1S/C13H25N3O2/c17-10-12-3-1-2-11(12)8-15-13(18)9-16-6-4-14-5-7-16/h11-12,14,17H,1-10H2,(H,15,18). The number of carbonyl (C=O) groups excluding carboxylic acids is 1. The molecule has 18 heavy (non-hydrogen) atoms. The fourth-order valence-electron chi connectivity index (χ4n) is 3.00. The van der Waals surface area contributed by atoms with E-state index < -0.39 is 0 Å². The van der Waals surface area contributed by atoms with Gasteiger partial charge >= 0.3 is 0 Å². The number of amides is 1. The summed E-state index contributed by atoms with van der Waals surface area (Å²) in [5.41, 5.74) is 0. The van der Waals surface area contributed by atoms with Crippen molar-refractivity contribution in [1.29, 1.82) is 0 Å². The SMILES string of the molecule is O=C(CN1CCNCC1)NCC1CCCC1CO. The van der Waals surface area contributed by atoms with Gasteiger partial charge in [0.05, 0.1) is 6.54 Å². The van der Waals surface area contributed by atoms with Gasteiger partial charge in [-0.1, -0.05) is 6.42 Å². The monoisotopic (exact) mass is 255 g/mol. The maximum atomic E-state index is 11.8. The number of piperazine rings is 1. The lowest BCUT2D eigenvalue weighted by molar-refractivity contribution is -0.122. The molecule has 0 radical (unpaired) electrons. The second kappa shape index (κ2) is 7.07. The molecule has 5 heteroatoms. The zero-order chi connectivity index (χ0) is 12.8. The molecule has 0 bridgehead atoms. The van der Waals surface area contributed by atoms with E-state index in [9.17, 15) is 9.90 Å². The Morgan fingerprint density at radius 1 is 1.28 bits per heavy atom. The van der Waals surface area contributed by atoms with Crippen molar-refractivity contribution < 1.29 is 9.90 Å². The van der Waals surface area contributed by atoms with Gasteiger partial charge in [-0.15, -0.1) is 0 Å². The van der Waals surface area contributed by atoms with Crippen molar-refractivity contribution in [1.82, 2.24) is 15.5 Å². The largest absolute Gasteiger partial charge is 0.396 e. The van der Waals surface area contributed by atoms with Crippen LogP contribution >= 0.6 is 0 Å². The molecular formula is C13H25N3O2. The number of aliphatic hydroxyl groups excluding tert-OH is 1. The molecule has 1 aliphatic carbocycles. The van der Waals surface area contributed by atoms with E-state index in [0.717, 1.165) is 45.6 Å². The van der Waals surface area contributed by atoms with Crippen molar-refractivity contribution in [2.45, 2.75) is 19.3 Å². The zero-order valence-corrected chi connectivity index (χ0v) is 11.0. The van der Waals surface area contributed by atoms with Gasteiger partial charge in [0.2, 0.25) is 5.91 Å². The number of nitrogens with one attached hydrogen (secondary N) is 2. The van der Waals surface area contributed by atoms with E-state index >= 15 is 0 Å². The zero-order valence-electron chi connectivity index (χ0n) is 11.0. The quantitative estimate of drug-likeness (QED) is 0.615. The summed E-state index contributed by atoms with van der Waals surface area (Å²) in [7, 11) is 0. The van der Waals surface area contributed by atoms with Crippen LogP contribution in [-0.2, 0) is 4.79 Å². The molecule has 1 amide bonds. The van der Waals surface area contributed by atoms with Crippen LogP contribution in [0.2, 0.25) is 0 Å². The number of nitrogens with zero attached hydrogens (tertiary/aromatic N) is 1. The van der Waals surface area contributed by atoms with Crippen molar-refractivity contribution >= 4 is 5.91 Å². The molecule has 0 aromatic rings. The van der Waals surface area contributed by atoms with E-state index in [1.807, 2.05) is 0 Å². The van der Waals surface area contributed by atoms with E-state index in [2.05, 4.69) is 15.5 Å². The minimum Gasteiger partial charge on any atom is -0.396 e. The first-order valence-corrected chi connectivity index (χ1v) is 7.10. The molecule has 2 aliphatic rings. The molecule has 0 aromatic heterocycles. The highest BCUT2D eigenvalue weighted by molar-refractivity contribution is 5.78. The minimum absolute atomic E-state index is 0.125. The van der Waals surface area contributed by atoms with Crippen LogP contribution < -0.4 is 10.6 Å². The molecule has 104 valence electrons. The third kappa shape index (κ3) is 3.93. The van der Waals surface area contributed by atoms with E-state index in [-0.39, 0.29) is 12.5 Å². The first-order chi connectivity index (χ1) is 8.79. The van der Waals surface area contributed by atoms with Gasteiger partial charge in [0.15, 0.2) is 0 Å². The van der Waals surface area contributed by atoms with Gasteiger partial charge in [-0.05, 0) is 24.7 Å². The maximum Gasteiger partial charge on any atom is 0.234 e. The lowest BCUT2D eigenvalue weighted by Crippen LogP contribution is -2.48. The van der Waals surface area contributed by atoms with E-state index in [0.29, 0.717) is 18.4 Å². The Balaban J connectivity index is 1.64. The molecule has 5 nitrogen and oxygen atoms in total. The first-order valence-electron chi connectivity index (χ1n) is 7.10.